The third-order valence-corrected chi connectivity index (χ3v) is 13.5. The number of ether oxygens (including phenoxy) is 2. The molecule has 0 amide bonds. The zero-order chi connectivity index (χ0) is 32.8. The van der Waals surface area contributed by atoms with Gasteiger partial charge in [-0.3, -0.25) is 4.79 Å². The molecule has 45 heavy (non-hydrogen) atoms. The summed E-state index contributed by atoms with van der Waals surface area (Å²) in [5, 5.41) is 0. The molecule has 4 nitrogen and oxygen atoms in total. The number of rotatable bonds is 9. The second kappa shape index (κ2) is 12.5. The van der Waals surface area contributed by atoms with E-state index in [9.17, 15) is 22.8 Å². The molecule has 0 aromatic heterocycles. The maximum absolute atomic E-state index is 14.8. The Labute approximate surface area is 268 Å². The molecule has 4 fully saturated rings. The standard InChI is InChI=1S/C38H55F3O4/c1-7-37(44-25(2)42)23-22-35(5)27(24-37)15-16-28-29-17-18-31(36(29,6)21-19-30(28)35)32(38(39,40)41)14-11-20-34(3,4)45-33(43)26-12-9-8-10-13-26/h8-10,12-13,27-32H,7,11,14-24H2,1-6H3/t27-,28?,29-,30-,31?,32-,35-,36-,37-/m0/s1. The maximum atomic E-state index is 14.8. The van der Waals surface area contributed by atoms with Crippen LogP contribution in [0.15, 0.2) is 30.3 Å². The molecule has 4 aliphatic carbocycles. The quantitative estimate of drug-likeness (QED) is 0.254. The average molecular weight is 633 g/mol. The summed E-state index contributed by atoms with van der Waals surface area (Å²) >= 11 is 0. The van der Waals surface area contributed by atoms with Crippen molar-refractivity contribution in [2.75, 3.05) is 0 Å². The minimum Gasteiger partial charge on any atom is -0.459 e. The molecule has 0 saturated heterocycles. The summed E-state index contributed by atoms with van der Waals surface area (Å²) in [6, 6.07) is 8.73. The summed E-state index contributed by atoms with van der Waals surface area (Å²) in [4.78, 5) is 24.6. The van der Waals surface area contributed by atoms with Gasteiger partial charge in [0.1, 0.15) is 11.2 Å². The van der Waals surface area contributed by atoms with Gasteiger partial charge in [0.2, 0.25) is 0 Å². The Morgan fingerprint density at radius 2 is 1.62 bits per heavy atom. The lowest BCUT2D eigenvalue weighted by Crippen LogP contribution is -2.56. The third-order valence-electron chi connectivity index (χ3n) is 13.5. The molecule has 1 aromatic rings. The second-order valence-corrected chi connectivity index (χ2v) is 16.3. The average Bonchev–Trinajstić information content (AvgIpc) is 3.31. The van der Waals surface area contributed by atoms with Crippen molar-refractivity contribution >= 4 is 11.9 Å². The van der Waals surface area contributed by atoms with Crippen LogP contribution < -0.4 is 0 Å². The number of alkyl halides is 3. The Balaban J connectivity index is 1.25. The smallest absolute Gasteiger partial charge is 0.392 e. The predicted octanol–water partition coefficient (Wildman–Crippen LogP) is 10.3. The van der Waals surface area contributed by atoms with Crippen LogP contribution in [-0.4, -0.2) is 29.3 Å². The van der Waals surface area contributed by atoms with Gasteiger partial charge in [-0.25, -0.2) is 4.79 Å². The van der Waals surface area contributed by atoms with E-state index in [-0.39, 0.29) is 34.7 Å². The zero-order valence-electron chi connectivity index (χ0n) is 28.3. The second-order valence-electron chi connectivity index (χ2n) is 16.3. The Morgan fingerprint density at radius 1 is 0.933 bits per heavy atom. The van der Waals surface area contributed by atoms with E-state index < -0.39 is 23.7 Å². The number of carbonyl (C=O) groups is 2. The van der Waals surface area contributed by atoms with Gasteiger partial charge >= 0.3 is 18.1 Å². The topological polar surface area (TPSA) is 52.6 Å². The van der Waals surface area contributed by atoms with E-state index in [0.29, 0.717) is 48.5 Å². The lowest BCUT2D eigenvalue weighted by atomic mass is 9.43. The van der Waals surface area contributed by atoms with Crippen LogP contribution in [0.3, 0.4) is 0 Å². The summed E-state index contributed by atoms with van der Waals surface area (Å²) < 4.78 is 56.2. The first kappa shape index (κ1) is 34.3. The Morgan fingerprint density at radius 3 is 2.27 bits per heavy atom. The molecule has 2 unspecified atom stereocenters. The van der Waals surface area contributed by atoms with E-state index in [1.807, 2.05) is 6.07 Å². The molecule has 5 rings (SSSR count). The van der Waals surface area contributed by atoms with Crippen LogP contribution in [-0.2, 0) is 14.3 Å². The summed E-state index contributed by atoms with van der Waals surface area (Å²) in [6.45, 7) is 11.9. The van der Waals surface area contributed by atoms with Crippen molar-refractivity contribution in [1.29, 1.82) is 0 Å². The lowest BCUT2D eigenvalue weighted by molar-refractivity contribution is -0.211. The van der Waals surface area contributed by atoms with E-state index in [4.69, 9.17) is 9.47 Å². The van der Waals surface area contributed by atoms with E-state index in [2.05, 4.69) is 20.8 Å². The normalized spacial score (nSPS) is 37.1. The summed E-state index contributed by atoms with van der Waals surface area (Å²) in [5.74, 6) is -0.506. The fraction of sp³-hybridized carbons (Fsp3) is 0.789. The minimum atomic E-state index is -4.25. The van der Waals surface area contributed by atoms with Gasteiger partial charge < -0.3 is 9.47 Å². The molecule has 0 heterocycles. The minimum absolute atomic E-state index is 0.0753. The fourth-order valence-corrected chi connectivity index (χ4v) is 11.1. The van der Waals surface area contributed by atoms with Crippen LogP contribution >= 0.6 is 0 Å². The molecule has 4 saturated carbocycles. The third kappa shape index (κ3) is 6.70. The highest BCUT2D eigenvalue weighted by Gasteiger charge is 2.64. The van der Waals surface area contributed by atoms with Crippen molar-refractivity contribution in [3.8, 4) is 0 Å². The van der Waals surface area contributed by atoms with Crippen LogP contribution in [0.25, 0.3) is 0 Å². The van der Waals surface area contributed by atoms with Crippen LogP contribution in [0.1, 0.15) is 135 Å². The number of hydrogen-bond acceptors (Lipinski definition) is 4. The van der Waals surface area contributed by atoms with E-state index in [0.717, 1.165) is 57.8 Å². The maximum Gasteiger partial charge on any atom is 0.392 e. The summed E-state index contributed by atoms with van der Waals surface area (Å²) in [7, 11) is 0. The fourth-order valence-electron chi connectivity index (χ4n) is 11.1. The van der Waals surface area contributed by atoms with Gasteiger partial charge in [-0.05, 0) is 150 Å². The SMILES string of the molecule is CC[C@]1(OC(C)=O)CC[C@@]2(C)[C@@H](CCC3[C@@H]2CC[C@]2(C)C([C@H](CCCC(C)(C)OC(=O)c4ccccc4)C(F)(F)F)CC[C@@H]32)C1. The first-order chi connectivity index (χ1) is 21.0. The molecule has 4 aliphatic rings. The molecule has 0 bridgehead atoms. The molecule has 9 atom stereocenters. The molecule has 1 aromatic carbocycles. The summed E-state index contributed by atoms with van der Waals surface area (Å²) in [5.41, 5.74) is -0.905. The monoisotopic (exact) mass is 632 g/mol. The number of hydrogen-bond donors (Lipinski definition) is 0. The highest BCUT2D eigenvalue weighted by Crippen LogP contribution is 2.70. The first-order valence-electron chi connectivity index (χ1n) is 17.6. The van der Waals surface area contributed by atoms with Gasteiger partial charge in [-0.2, -0.15) is 13.2 Å². The first-order valence-corrected chi connectivity index (χ1v) is 17.6. The van der Waals surface area contributed by atoms with Crippen LogP contribution in [0.4, 0.5) is 13.2 Å². The van der Waals surface area contributed by atoms with Gasteiger partial charge in [0, 0.05) is 6.92 Å². The van der Waals surface area contributed by atoms with Crippen molar-refractivity contribution in [1.82, 2.24) is 0 Å². The highest BCUT2D eigenvalue weighted by molar-refractivity contribution is 5.89. The number of benzene rings is 1. The number of halogens is 3. The number of esters is 2. The predicted molar refractivity (Wildman–Crippen MR) is 169 cm³/mol. The van der Waals surface area contributed by atoms with E-state index in [1.54, 1.807) is 38.1 Å². The van der Waals surface area contributed by atoms with Gasteiger partial charge in [0.15, 0.2) is 0 Å². The number of carbonyl (C=O) groups excluding carboxylic acids is 2. The zero-order valence-corrected chi connectivity index (χ0v) is 28.3. The van der Waals surface area contributed by atoms with Crippen molar-refractivity contribution < 1.29 is 32.2 Å². The molecule has 0 spiro atoms. The molecular formula is C38H55F3O4. The van der Waals surface area contributed by atoms with Crippen LogP contribution in [0.2, 0.25) is 0 Å². The summed E-state index contributed by atoms with van der Waals surface area (Å²) in [6.07, 6.45) is 5.81. The van der Waals surface area contributed by atoms with Crippen molar-refractivity contribution in [2.24, 2.45) is 46.3 Å². The van der Waals surface area contributed by atoms with E-state index >= 15 is 0 Å². The largest absolute Gasteiger partial charge is 0.459 e. The molecule has 0 N–H and O–H groups in total. The van der Waals surface area contributed by atoms with Crippen LogP contribution in [0, 0.1) is 46.3 Å². The van der Waals surface area contributed by atoms with Gasteiger partial charge in [0.05, 0.1) is 11.5 Å². The molecule has 252 valence electrons. The lowest BCUT2D eigenvalue weighted by Gasteiger charge is -2.62. The van der Waals surface area contributed by atoms with Gasteiger partial charge in [0.25, 0.3) is 0 Å². The van der Waals surface area contributed by atoms with Crippen molar-refractivity contribution in [2.45, 2.75) is 142 Å². The van der Waals surface area contributed by atoms with E-state index in [1.165, 1.54) is 6.92 Å². The Bertz CT molecular complexity index is 1210. The van der Waals surface area contributed by atoms with Crippen LogP contribution in [0.5, 0.6) is 0 Å². The Hall–Kier alpha value is -2.05. The molecular weight excluding hydrogens is 577 g/mol. The molecule has 0 aliphatic heterocycles. The molecule has 7 heteroatoms. The molecule has 0 radical (unpaired) electrons. The van der Waals surface area contributed by atoms with Gasteiger partial charge in [-0.1, -0.05) is 39.0 Å². The Kier molecular flexibility index (Phi) is 9.54. The van der Waals surface area contributed by atoms with Crippen molar-refractivity contribution in [3.63, 3.8) is 0 Å². The highest BCUT2D eigenvalue weighted by atomic mass is 19.4. The number of fused-ring (bicyclic) bond motifs is 5. The van der Waals surface area contributed by atoms with Gasteiger partial charge in [-0.15, -0.1) is 0 Å². The van der Waals surface area contributed by atoms with Crippen molar-refractivity contribution in [3.05, 3.63) is 35.9 Å².